The summed E-state index contributed by atoms with van der Waals surface area (Å²) in [5.41, 5.74) is 5.15. The van der Waals surface area contributed by atoms with Gasteiger partial charge in [0.05, 0.1) is 6.10 Å². The van der Waals surface area contributed by atoms with Gasteiger partial charge in [0, 0.05) is 12.8 Å². The molecule has 0 aromatic carbocycles. The van der Waals surface area contributed by atoms with Crippen LogP contribution < -0.4 is 5.73 Å². The molecule has 0 aliphatic carbocycles. The predicted molar refractivity (Wildman–Crippen MR) is 62.6 cm³/mol. The summed E-state index contributed by atoms with van der Waals surface area (Å²) in [5.74, 6) is -0.162. The largest absolute Gasteiger partial charge is 0.463 e. The smallest absolute Gasteiger partial charge is 0.306 e. The summed E-state index contributed by atoms with van der Waals surface area (Å²) >= 11 is 0. The van der Waals surface area contributed by atoms with Crippen molar-refractivity contribution in [3.8, 4) is 0 Å². The van der Waals surface area contributed by atoms with Gasteiger partial charge in [-0.1, -0.05) is 13.8 Å². The molecule has 94 valence electrons. The van der Waals surface area contributed by atoms with Crippen LogP contribution in [0.5, 0.6) is 0 Å². The summed E-state index contributed by atoms with van der Waals surface area (Å²) in [4.78, 5) is 22.3. The summed E-state index contributed by atoms with van der Waals surface area (Å²) in [6.07, 6.45) is 1.24. The monoisotopic (exact) mass is 229 g/mol. The van der Waals surface area contributed by atoms with Crippen LogP contribution in [0, 0.1) is 11.8 Å². The Hall–Kier alpha value is -1.06. The highest BCUT2D eigenvalue weighted by atomic mass is 16.5. The first-order valence-corrected chi connectivity index (χ1v) is 5.79. The second-order valence-electron chi connectivity index (χ2n) is 4.91. The van der Waals surface area contributed by atoms with E-state index in [0.717, 1.165) is 6.42 Å². The Morgan fingerprint density at radius 2 is 1.69 bits per heavy atom. The van der Waals surface area contributed by atoms with Gasteiger partial charge in [-0.2, -0.15) is 0 Å². The lowest BCUT2D eigenvalue weighted by Crippen LogP contribution is -2.22. The van der Waals surface area contributed by atoms with E-state index in [0.29, 0.717) is 5.92 Å². The number of primary amides is 1. The molecule has 4 heteroatoms. The molecule has 2 N–H and O–H groups in total. The van der Waals surface area contributed by atoms with Crippen molar-refractivity contribution in [3.05, 3.63) is 0 Å². The van der Waals surface area contributed by atoms with Gasteiger partial charge in [-0.25, -0.2) is 0 Å². The van der Waals surface area contributed by atoms with Gasteiger partial charge in [0.15, 0.2) is 0 Å². The minimum Gasteiger partial charge on any atom is -0.463 e. The number of esters is 1. The summed E-state index contributed by atoms with van der Waals surface area (Å²) in [5, 5.41) is 0. The van der Waals surface area contributed by atoms with Crippen LogP contribution in [-0.2, 0) is 14.3 Å². The van der Waals surface area contributed by atoms with E-state index in [9.17, 15) is 9.59 Å². The average molecular weight is 229 g/mol. The van der Waals surface area contributed by atoms with Crippen LogP contribution in [0.2, 0.25) is 0 Å². The van der Waals surface area contributed by atoms with Gasteiger partial charge in [-0.15, -0.1) is 0 Å². The normalized spacial score (nSPS) is 12.9. The number of carbonyl (C=O) groups is 2. The fraction of sp³-hybridized carbons (Fsp3) is 0.833. The number of hydrogen-bond acceptors (Lipinski definition) is 3. The number of carbonyl (C=O) groups excluding carboxylic acids is 2. The average Bonchev–Trinajstić information content (AvgIpc) is 1.97. The Kier molecular flexibility index (Phi) is 6.77. The van der Waals surface area contributed by atoms with E-state index in [1.54, 1.807) is 0 Å². The lowest BCUT2D eigenvalue weighted by Gasteiger charge is -2.17. The summed E-state index contributed by atoms with van der Waals surface area (Å²) in [6, 6.07) is 0. The van der Waals surface area contributed by atoms with E-state index in [1.807, 2.05) is 13.8 Å². The molecule has 4 nitrogen and oxygen atoms in total. The van der Waals surface area contributed by atoms with Gasteiger partial charge >= 0.3 is 5.97 Å². The van der Waals surface area contributed by atoms with Crippen LogP contribution >= 0.6 is 0 Å². The third kappa shape index (κ3) is 8.26. The van der Waals surface area contributed by atoms with E-state index in [2.05, 4.69) is 13.8 Å². The molecule has 0 saturated heterocycles. The number of hydrogen-bond donors (Lipinski definition) is 1. The maximum Gasteiger partial charge on any atom is 0.306 e. The van der Waals surface area contributed by atoms with Crippen LogP contribution in [0.15, 0.2) is 0 Å². The molecule has 0 aliphatic heterocycles. The van der Waals surface area contributed by atoms with E-state index < -0.39 is 0 Å². The third-order valence-corrected chi connectivity index (χ3v) is 2.12. The van der Waals surface area contributed by atoms with Crippen molar-refractivity contribution in [2.24, 2.45) is 17.6 Å². The van der Waals surface area contributed by atoms with Crippen molar-refractivity contribution < 1.29 is 14.3 Å². The molecule has 0 aromatic rings. The first-order valence-electron chi connectivity index (χ1n) is 5.79. The van der Waals surface area contributed by atoms with Gasteiger partial charge in [0.25, 0.3) is 0 Å². The van der Waals surface area contributed by atoms with Crippen LogP contribution in [0.25, 0.3) is 0 Å². The minimum absolute atomic E-state index is 0.00347. The van der Waals surface area contributed by atoms with Gasteiger partial charge < -0.3 is 10.5 Å². The van der Waals surface area contributed by atoms with Crippen LogP contribution in [0.3, 0.4) is 0 Å². The number of amides is 1. The highest BCUT2D eigenvalue weighted by Gasteiger charge is 2.19. The van der Waals surface area contributed by atoms with Gasteiger partial charge in [0.2, 0.25) is 5.91 Å². The summed E-state index contributed by atoms with van der Waals surface area (Å²) in [7, 11) is 0. The Bertz CT molecular complexity index is 236. The molecular formula is C12H23NO3. The predicted octanol–water partition coefficient (Wildman–Crippen LogP) is 1.87. The summed E-state index contributed by atoms with van der Waals surface area (Å²) in [6.45, 7) is 7.73. The molecule has 1 atom stereocenters. The number of rotatable bonds is 7. The lowest BCUT2D eigenvalue weighted by molar-refractivity contribution is -0.148. The van der Waals surface area contributed by atoms with Crippen molar-refractivity contribution in [2.45, 2.75) is 53.1 Å². The molecule has 16 heavy (non-hydrogen) atoms. The third-order valence-electron chi connectivity index (χ3n) is 2.12. The Balaban J connectivity index is 4.19. The van der Waals surface area contributed by atoms with Crippen molar-refractivity contribution in [1.29, 1.82) is 0 Å². The Morgan fingerprint density at radius 3 is 2.06 bits per heavy atom. The maximum atomic E-state index is 11.5. The van der Waals surface area contributed by atoms with E-state index in [1.165, 1.54) is 0 Å². The minimum atomic E-state index is -0.358. The molecule has 0 rings (SSSR count). The highest BCUT2D eigenvalue weighted by Crippen LogP contribution is 2.19. The van der Waals surface area contributed by atoms with Crippen molar-refractivity contribution >= 4 is 11.9 Å². The Morgan fingerprint density at radius 1 is 1.12 bits per heavy atom. The molecule has 1 unspecified atom stereocenters. The van der Waals surface area contributed by atoms with Crippen molar-refractivity contribution in [3.63, 3.8) is 0 Å². The van der Waals surface area contributed by atoms with E-state index in [4.69, 9.17) is 10.5 Å². The second kappa shape index (κ2) is 7.25. The van der Waals surface area contributed by atoms with Crippen molar-refractivity contribution in [2.75, 3.05) is 0 Å². The molecule has 0 saturated carbocycles. The van der Waals surface area contributed by atoms with Crippen LogP contribution in [0.4, 0.5) is 0 Å². The molecule has 0 aromatic heterocycles. The Labute approximate surface area is 97.5 Å². The van der Waals surface area contributed by atoms with Crippen LogP contribution in [0.1, 0.15) is 47.0 Å². The fourth-order valence-electron chi connectivity index (χ4n) is 1.74. The van der Waals surface area contributed by atoms with Gasteiger partial charge in [-0.3, -0.25) is 9.59 Å². The lowest BCUT2D eigenvalue weighted by atomic mass is 9.91. The molecule has 0 heterocycles. The zero-order valence-corrected chi connectivity index (χ0v) is 10.7. The van der Waals surface area contributed by atoms with Crippen molar-refractivity contribution in [1.82, 2.24) is 0 Å². The van der Waals surface area contributed by atoms with E-state index >= 15 is 0 Å². The molecule has 0 bridgehead atoms. The first kappa shape index (κ1) is 14.9. The van der Waals surface area contributed by atoms with E-state index in [-0.39, 0.29) is 36.7 Å². The molecule has 0 spiro atoms. The standard InChI is InChI=1S/C12H23NO3/c1-8(2)5-10(6-11(13)14)7-12(15)16-9(3)4/h8-10H,5-7H2,1-4H3,(H2,13,14). The molecule has 1 amide bonds. The molecule has 0 radical (unpaired) electrons. The molecular weight excluding hydrogens is 206 g/mol. The van der Waals surface area contributed by atoms with Gasteiger partial charge in [0.1, 0.15) is 0 Å². The molecule has 0 fully saturated rings. The second-order valence-corrected chi connectivity index (χ2v) is 4.91. The fourth-order valence-corrected chi connectivity index (χ4v) is 1.74. The quantitative estimate of drug-likeness (QED) is 0.677. The zero-order chi connectivity index (χ0) is 12.7. The SMILES string of the molecule is CC(C)CC(CC(N)=O)CC(=O)OC(C)C. The van der Waals surface area contributed by atoms with Crippen LogP contribution in [-0.4, -0.2) is 18.0 Å². The zero-order valence-electron chi connectivity index (χ0n) is 10.7. The maximum absolute atomic E-state index is 11.5. The molecule has 0 aliphatic rings. The highest BCUT2D eigenvalue weighted by molar-refractivity contribution is 5.75. The first-order chi connectivity index (χ1) is 7.31. The topological polar surface area (TPSA) is 69.4 Å². The number of nitrogens with two attached hydrogens (primary N) is 1. The number of ether oxygens (including phenoxy) is 1. The van der Waals surface area contributed by atoms with Gasteiger partial charge in [-0.05, 0) is 32.1 Å². The summed E-state index contributed by atoms with van der Waals surface area (Å²) < 4.78 is 5.05.